The van der Waals surface area contributed by atoms with E-state index in [0.717, 1.165) is 23.3 Å². The van der Waals surface area contributed by atoms with E-state index in [1.807, 2.05) is 42.5 Å². The van der Waals surface area contributed by atoms with Gasteiger partial charge in [0.2, 0.25) is 5.24 Å². The van der Waals surface area contributed by atoms with Crippen LogP contribution in [0.3, 0.4) is 0 Å². The van der Waals surface area contributed by atoms with Crippen molar-refractivity contribution in [1.82, 2.24) is 0 Å². The Morgan fingerprint density at radius 1 is 1.09 bits per heavy atom. The highest BCUT2D eigenvalue weighted by Crippen LogP contribution is 2.27. The van der Waals surface area contributed by atoms with Crippen molar-refractivity contribution in [1.29, 1.82) is 0 Å². The topological polar surface area (TPSA) is 43.4 Å². The predicted molar refractivity (Wildman–Crippen MR) is 91.0 cm³/mol. The van der Waals surface area contributed by atoms with Crippen molar-refractivity contribution in [2.24, 2.45) is 0 Å². The van der Waals surface area contributed by atoms with E-state index in [4.69, 9.17) is 16.3 Å². The van der Waals surface area contributed by atoms with E-state index in [1.54, 1.807) is 7.11 Å². The van der Waals surface area contributed by atoms with Crippen molar-refractivity contribution in [3.63, 3.8) is 0 Å². The zero-order valence-corrected chi connectivity index (χ0v) is 13.8. The average molecular weight is 331 g/mol. The summed E-state index contributed by atoms with van der Waals surface area (Å²) in [5.74, 6) is 1.17. The van der Waals surface area contributed by atoms with Crippen LogP contribution in [-0.4, -0.2) is 18.1 Å². The number of carbonyl (C=O) groups is 2. The first-order valence-electron chi connectivity index (χ1n) is 7.49. The Bertz CT molecular complexity index is 666. The summed E-state index contributed by atoms with van der Waals surface area (Å²) in [6.07, 6.45) is 2.41. The molecule has 1 aliphatic rings. The predicted octanol–water partition coefficient (Wildman–Crippen LogP) is 3.75. The van der Waals surface area contributed by atoms with Gasteiger partial charge in [-0.2, -0.15) is 0 Å². The van der Waals surface area contributed by atoms with E-state index >= 15 is 0 Å². The van der Waals surface area contributed by atoms with Gasteiger partial charge in [-0.1, -0.05) is 42.5 Å². The van der Waals surface area contributed by atoms with E-state index in [2.05, 4.69) is 6.07 Å². The SMILES string of the molecule is COc1cccc2c1CC(=O)CC2.O=C(Cl)Cc1ccccc1. The fourth-order valence-corrected chi connectivity index (χ4v) is 2.71. The molecule has 0 radical (unpaired) electrons. The minimum absolute atomic E-state index is 0.314. The molecule has 3 nitrogen and oxygen atoms in total. The van der Waals surface area contributed by atoms with Gasteiger partial charge in [0, 0.05) is 24.8 Å². The number of carbonyl (C=O) groups excluding carboxylic acids is 2. The summed E-state index contributed by atoms with van der Waals surface area (Å²) < 4.78 is 5.21. The number of aryl methyl sites for hydroxylation is 1. The van der Waals surface area contributed by atoms with Crippen LogP contribution in [0.2, 0.25) is 0 Å². The number of ether oxygens (including phenoxy) is 1. The lowest BCUT2D eigenvalue weighted by Crippen LogP contribution is -2.14. The molecule has 3 rings (SSSR count). The average Bonchev–Trinajstić information content (AvgIpc) is 2.55. The maximum absolute atomic E-state index is 11.2. The molecule has 2 aromatic rings. The normalized spacial score (nSPS) is 12.7. The van der Waals surface area contributed by atoms with Crippen LogP contribution in [0.15, 0.2) is 48.5 Å². The Hall–Kier alpha value is -2.13. The lowest BCUT2D eigenvalue weighted by molar-refractivity contribution is -0.118. The molecule has 0 atom stereocenters. The van der Waals surface area contributed by atoms with E-state index in [1.165, 1.54) is 5.56 Å². The first-order chi connectivity index (χ1) is 11.1. The second-order valence-electron chi connectivity index (χ2n) is 5.33. The molecule has 0 aromatic heterocycles. The number of methoxy groups -OCH3 is 1. The summed E-state index contributed by atoms with van der Waals surface area (Å²) in [5, 5.41) is -0.314. The van der Waals surface area contributed by atoms with E-state index in [9.17, 15) is 9.59 Å². The third-order valence-electron chi connectivity index (χ3n) is 3.68. The third-order valence-corrected chi connectivity index (χ3v) is 3.82. The molecule has 120 valence electrons. The zero-order valence-electron chi connectivity index (χ0n) is 13.0. The molecule has 0 fully saturated rings. The molecular formula is C19H19ClO3. The van der Waals surface area contributed by atoms with Gasteiger partial charge in [-0.25, -0.2) is 0 Å². The molecule has 2 aromatic carbocycles. The molecule has 0 unspecified atom stereocenters. The number of Topliss-reactive ketones (excluding diaryl/α,β-unsaturated/α-hetero) is 1. The summed E-state index contributed by atoms with van der Waals surface area (Å²) in [6.45, 7) is 0. The molecule has 0 amide bonds. The van der Waals surface area contributed by atoms with Crippen LogP contribution in [-0.2, 0) is 28.9 Å². The molecular weight excluding hydrogens is 312 g/mol. The Balaban J connectivity index is 0.000000174. The molecule has 0 aliphatic heterocycles. The second kappa shape index (κ2) is 8.49. The van der Waals surface area contributed by atoms with Crippen molar-refractivity contribution < 1.29 is 14.3 Å². The van der Waals surface area contributed by atoms with Crippen LogP contribution in [0.5, 0.6) is 5.75 Å². The second-order valence-corrected chi connectivity index (χ2v) is 5.75. The molecule has 0 heterocycles. The molecule has 0 bridgehead atoms. The Morgan fingerprint density at radius 2 is 1.83 bits per heavy atom. The van der Waals surface area contributed by atoms with Gasteiger partial charge < -0.3 is 4.74 Å². The summed E-state index contributed by atoms with van der Waals surface area (Å²) in [5.41, 5.74) is 3.31. The van der Waals surface area contributed by atoms with Crippen molar-refractivity contribution in [3.05, 3.63) is 65.2 Å². The smallest absolute Gasteiger partial charge is 0.226 e. The Morgan fingerprint density at radius 3 is 2.48 bits per heavy atom. The maximum Gasteiger partial charge on any atom is 0.226 e. The molecule has 0 spiro atoms. The Kier molecular flexibility index (Phi) is 6.36. The largest absolute Gasteiger partial charge is 0.496 e. The molecule has 23 heavy (non-hydrogen) atoms. The number of ketones is 1. The van der Waals surface area contributed by atoms with Gasteiger partial charge in [0.1, 0.15) is 11.5 Å². The number of halogens is 1. The van der Waals surface area contributed by atoms with E-state index in [0.29, 0.717) is 25.0 Å². The first kappa shape index (κ1) is 17.2. The number of benzene rings is 2. The standard InChI is InChI=1S/C11H12O2.C8H7ClO/c1-13-11-4-2-3-8-5-6-9(12)7-10(8)11;9-8(10)6-7-4-2-1-3-5-7/h2-4H,5-7H2,1H3;1-5H,6H2. The summed E-state index contributed by atoms with van der Waals surface area (Å²) in [7, 11) is 1.65. The van der Waals surface area contributed by atoms with Crippen molar-refractivity contribution >= 4 is 22.6 Å². The quantitative estimate of drug-likeness (QED) is 0.805. The van der Waals surface area contributed by atoms with Gasteiger partial charge in [-0.05, 0) is 35.2 Å². The summed E-state index contributed by atoms with van der Waals surface area (Å²) >= 11 is 5.17. The summed E-state index contributed by atoms with van der Waals surface area (Å²) in [4.78, 5) is 21.6. The number of fused-ring (bicyclic) bond motifs is 1. The molecule has 4 heteroatoms. The van der Waals surface area contributed by atoms with Crippen molar-refractivity contribution in [2.75, 3.05) is 7.11 Å². The lowest BCUT2D eigenvalue weighted by atomic mass is 9.90. The maximum atomic E-state index is 11.2. The highest BCUT2D eigenvalue weighted by molar-refractivity contribution is 6.63. The Labute approximate surface area is 141 Å². The molecule has 0 saturated carbocycles. The van der Waals surface area contributed by atoms with Gasteiger partial charge in [-0.15, -0.1) is 0 Å². The van der Waals surface area contributed by atoms with E-state index in [-0.39, 0.29) is 5.24 Å². The fraction of sp³-hybridized carbons (Fsp3) is 0.263. The highest BCUT2D eigenvalue weighted by Gasteiger charge is 2.18. The lowest BCUT2D eigenvalue weighted by Gasteiger charge is -2.17. The molecule has 1 aliphatic carbocycles. The van der Waals surface area contributed by atoms with Gasteiger partial charge in [0.25, 0.3) is 0 Å². The van der Waals surface area contributed by atoms with Gasteiger partial charge >= 0.3 is 0 Å². The van der Waals surface area contributed by atoms with Crippen molar-refractivity contribution in [3.8, 4) is 5.75 Å². The zero-order chi connectivity index (χ0) is 16.7. The molecule has 0 N–H and O–H groups in total. The van der Waals surface area contributed by atoms with Crippen LogP contribution in [0, 0.1) is 0 Å². The van der Waals surface area contributed by atoms with Crippen LogP contribution in [0.1, 0.15) is 23.1 Å². The van der Waals surface area contributed by atoms with Gasteiger partial charge in [0.15, 0.2) is 0 Å². The van der Waals surface area contributed by atoms with Crippen LogP contribution in [0.4, 0.5) is 0 Å². The van der Waals surface area contributed by atoms with Crippen molar-refractivity contribution in [2.45, 2.75) is 25.7 Å². The fourth-order valence-electron chi connectivity index (χ4n) is 2.55. The first-order valence-corrected chi connectivity index (χ1v) is 7.86. The third kappa shape index (κ3) is 5.22. The molecule has 0 saturated heterocycles. The van der Waals surface area contributed by atoms with Gasteiger partial charge in [-0.3, -0.25) is 9.59 Å². The van der Waals surface area contributed by atoms with Crippen LogP contribution in [0.25, 0.3) is 0 Å². The number of rotatable bonds is 3. The summed E-state index contributed by atoms with van der Waals surface area (Å²) in [6, 6.07) is 15.4. The minimum Gasteiger partial charge on any atom is -0.496 e. The van der Waals surface area contributed by atoms with Crippen LogP contribution >= 0.6 is 11.6 Å². The highest BCUT2D eigenvalue weighted by atomic mass is 35.5. The number of hydrogen-bond donors (Lipinski definition) is 0. The van der Waals surface area contributed by atoms with Gasteiger partial charge in [0.05, 0.1) is 7.11 Å². The van der Waals surface area contributed by atoms with Crippen LogP contribution < -0.4 is 4.74 Å². The van der Waals surface area contributed by atoms with E-state index < -0.39 is 0 Å². The monoisotopic (exact) mass is 330 g/mol. The minimum atomic E-state index is -0.314. The number of hydrogen-bond acceptors (Lipinski definition) is 3.